The molecular weight excluding hydrogens is 347 g/mol. The molecule has 0 saturated heterocycles. The summed E-state index contributed by atoms with van der Waals surface area (Å²) in [5.74, 6) is -0.981. The smallest absolute Gasteiger partial charge is 0.249 e. The van der Waals surface area contributed by atoms with Crippen molar-refractivity contribution in [1.29, 1.82) is 0 Å². The first-order chi connectivity index (χ1) is 12.0. The molecule has 0 fully saturated rings. The Labute approximate surface area is 148 Å². The van der Waals surface area contributed by atoms with Crippen LogP contribution in [0.1, 0.15) is 6.42 Å². The Morgan fingerprint density at radius 1 is 1.12 bits per heavy atom. The standard InChI is InChI=1S/C17H14ClFN4O2/c18-10-1-5-12(6-2-10)20-16(25)14-9-15(24)23-17(22-14)21-13-7-3-11(19)4-8-13/h1-8,14H,9H2,(H,20,25)(H2,21,22,23,24). The number of carbonyl (C=O) groups excluding carboxylic acids is 2. The van der Waals surface area contributed by atoms with Crippen LogP contribution in [0.3, 0.4) is 0 Å². The van der Waals surface area contributed by atoms with E-state index in [0.29, 0.717) is 16.4 Å². The molecule has 1 unspecified atom stereocenters. The Balaban J connectivity index is 1.71. The third-order valence-corrected chi connectivity index (χ3v) is 3.69. The molecule has 1 aliphatic rings. The lowest BCUT2D eigenvalue weighted by molar-refractivity contribution is -0.124. The van der Waals surface area contributed by atoms with Gasteiger partial charge in [-0.3, -0.25) is 14.9 Å². The van der Waals surface area contributed by atoms with E-state index in [-0.39, 0.29) is 24.1 Å². The van der Waals surface area contributed by atoms with Gasteiger partial charge in [0.25, 0.3) is 0 Å². The average molecular weight is 361 g/mol. The van der Waals surface area contributed by atoms with Crippen LogP contribution in [0.15, 0.2) is 53.5 Å². The van der Waals surface area contributed by atoms with Gasteiger partial charge in [-0.05, 0) is 48.5 Å². The fraction of sp³-hybridized carbons (Fsp3) is 0.118. The van der Waals surface area contributed by atoms with Gasteiger partial charge in [-0.2, -0.15) is 0 Å². The highest BCUT2D eigenvalue weighted by Gasteiger charge is 2.27. The maximum Gasteiger partial charge on any atom is 0.249 e. The Morgan fingerprint density at radius 2 is 1.76 bits per heavy atom. The highest BCUT2D eigenvalue weighted by Crippen LogP contribution is 2.16. The summed E-state index contributed by atoms with van der Waals surface area (Å²) in [6.45, 7) is 0. The zero-order valence-corrected chi connectivity index (χ0v) is 13.7. The van der Waals surface area contributed by atoms with Crippen molar-refractivity contribution in [2.24, 2.45) is 4.99 Å². The fourth-order valence-electron chi connectivity index (χ4n) is 2.24. The average Bonchev–Trinajstić information content (AvgIpc) is 2.58. The summed E-state index contributed by atoms with van der Waals surface area (Å²) in [7, 11) is 0. The molecule has 2 aromatic carbocycles. The number of anilines is 2. The molecule has 1 heterocycles. The van der Waals surface area contributed by atoms with Crippen molar-refractivity contribution in [2.75, 3.05) is 10.6 Å². The second kappa shape index (κ2) is 7.31. The molecule has 0 aromatic heterocycles. The van der Waals surface area contributed by atoms with Crippen molar-refractivity contribution in [3.8, 4) is 0 Å². The Morgan fingerprint density at radius 3 is 2.44 bits per heavy atom. The molecule has 0 spiro atoms. The maximum atomic E-state index is 12.9. The van der Waals surface area contributed by atoms with Gasteiger partial charge in [0, 0.05) is 16.4 Å². The number of aliphatic imine (C=N–C) groups is 1. The summed E-state index contributed by atoms with van der Waals surface area (Å²) in [6, 6.07) is 11.3. The van der Waals surface area contributed by atoms with Gasteiger partial charge >= 0.3 is 0 Å². The number of benzene rings is 2. The van der Waals surface area contributed by atoms with Gasteiger partial charge in [0.15, 0.2) is 0 Å². The minimum atomic E-state index is -0.868. The van der Waals surface area contributed by atoms with E-state index >= 15 is 0 Å². The van der Waals surface area contributed by atoms with Crippen molar-refractivity contribution < 1.29 is 14.0 Å². The topological polar surface area (TPSA) is 82.6 Å². The summed E-state index contributed by atoms with van der Waals surface area (Å²) in [5, 5.41) is 8.64. The van der Waals surface area contributed by atoms with Gasteiger partial charge in [0.2, 0.25) is 17.8 Å². The van der Waals surface area contributed by atoms with Gasteiger partial charge in [-0.1, -0.05) is 11.6 Å². The van der Waals surface area contributed by atoms with Gasteiger partial charge in [-0.15, -0.1) is 0 Å². The molecule has 2 amide bonds. The Kier molecular flexibility index (Phi) is 4.95. The first kappa shape index (κ1) is 16.9. The van der Waals surface area contributed by atoms with Crippen molar-refractivity contribution in [2.45, 2.75) is 12.5 Å². The number of halogens is 2. The lowest BCUT2D eigenvalue weighted by Gasteiger charge is -2.21. The molecule has 0 aliphatic carbocycles. The number of rotatable bonds is 3. The van der Waals surface area contributed by atoms with Crippen LogP contribution in [0.5, 0.6) is 0 Å². The number of amides is 2. The van der Waals surface area contributed by atoms with Crippen LogP contribution in [-0.2, 0) is 9.59 Å². The molecule has 0 bridgehead atoms. The van der Waals surface area contributed by atoms with Crippen LogP contribution in [0.25, 0.3) is 0 Å². The van der Waals surface area contributed by atoms with Crippen LogP contribution in [0.2, 0.25) is 5.02 Å². The van der Waals surface area contributed by atoms with Gasteiger partial charge in [-0.25, -0.2) is 9.38 Å². The van der Waals surface area contributed by atoms with E-state index in [2.05, 4.69) is 20.9 Å². The lowest BCUT2D eigenvalue weighted by atomic mass is 10.1. The van der Waals surface area contributed by atoms with E-state index in [9.17, 15) is 14.0 Å². The van der Waals surface area contributed by atoms with Crippen LogP contribution >= 0.6 is 11.6 Å². The van der Waals surface area contributed by atoms with E-state index in [1.165, 1.54) is 24.3 Å². The molecule has 1 aliphatic heterocycles. The minimum Gasteiger partial charge on any atom is -0.326 e. The first-order valence-electron chi connectivity index (χ1n) is 7.46. The monoisotopic (exact) mass is 360 g/mol. The number of hydrogen-bond donors (Lipinski definition) is 3. The number of carbonyl (C=O) groups is 2. The molecule has 6 nitrogen and oxygen atoms in total. The predicted molar refractivity (Wildman–Crippen MR) is 94.1 cm³/mol. The van der Waals surface area contributed by atoms with Crippen LogP contribution in [0, 0.1) is 5.82 Å². The number of nitrogens with one attached hydrogen (secondary N) is 3. The second-order valence-electron chi connectivity index (χ2n) is 5.37. The quantitative estimate of drug-likeness (QED) is 0.787. The molecule has 3 rings (SSSR count). The summed E-state index contributed by atoms with van der Waals surface area (Å²) in [4.78, 5) is 28.4. The minimum absolute atomic E-state index is 0.0615. The molecule has 1 atom stereocenters. The predicted octanol–water partition coefficient (Wildman–Crippen LogP) is 2.77. The zero-order chi connectivity index (χ0) is 17.8. The largest absolute Gasteiger partial charge is 0.326 e. The number of nitrogens with zero attached hydrogens (tertiary/aromatic N) is 1. The number of hydrogen-bond acceptors (Lipinski definition) is 4. The maximum absolute atomic E-state index is 12.9. The van der Waals surface area contributed by atoms with E-state index in [1.807, 2.05) is 0 Å². The molecule has 25 heavy (non-hydrogen) atoms. The Bertz CT molecular complexity index is 822. The highest BCUT2D eigenvalue weighted by atomic mass is 35.5. The van der Waals surface area contributed by atoms with Crippen LogP contribution in [-0.4, -0.2) is 23.8 Å². The normalized spacial score (nSPS) is 16.6. The van der Waals surface area contributed by atoms with Crippen LogP contribution < -0.4 is 16.0 Å². The zero-order valence-electron chi connectivity index (χ0n) is 12.9. The SMILES string of the molecule is O=C1CC(C(=O)Nc2ccc(Cl)cc2)N=C(Nc2ccc(F)cc2)N1. The third kappa shape index (κ3) is 4.54. The molecule has 2 aromatic rings. The van der Waals surface area contributed by atoms with Gasteiger partial charge < -0.3 is 10.6 Å². The van der Waals surface area contributed by atoms with Crippen molar-refractivity contribution in [3.63, 3.8) is 0 Å². The molecule has 3 N–H and O–H groups in total. The first-order valence-corrected chi connectivity index (χ1v) is 7.84. The summed E-state index contributed by atoms with van der Waals surface area (Å²) in [5.41, 5.74) is 1.10. The van der Waals surface area contributed by atoms with Crippen molar-refractivity contribution >= 4 is 40.7 Å². The lowest BCUT2D eigenvalue weighted by Crippen LogP contribution is -2.45. The molecular formula is C17H14ClFN4O2. The fourth-order valence-corrected chi connectivity index (χ4v) is 2.36. The number of guanidine groups is 1. The van der Waals surface area contributed by atoms with Gasteiger partial charge in [0.1, 0.15) is 11.9 Å². The van der Waals surface area contributed by atoms with Crippen LogP contribution in [0.4, 0.5) is 15.8 Å². The molecule has 0 saturated carbocycles. The summed E-state index contributed by atoms with van der Waals surface area (Å²) in [6.07, 6.45) is -0.0615. The van der Waals surface area contributed by atoms with E-state index in [1.54, 1.807) is 24.3 Å². The van der Waals surface area contributed by atoms with Crippen molar-refractivity contribution in [3.05, 3.63) is 59.4 Å². The summed E-state index contributed by atoms with van der Waals surface area (Å²) < 4.78 is 12.9. The van der Waals surface area contributed by atoms with E-state index in [4.69, 9.17) is 11.6 Å². The molecule has 128 valence electrons. The second-order valence-corrected chi connectivity index (χ2v) is 5.81. The highest BCUT2D eigenvalue weighted by molar-refractivity contribution is 6.30. The summed E-state index contributed by atoms with van der Waals surface area (Å²) >= 11 is 5.80. The van der Waals surface area contributed by atoms with E-state index < -0.39 is 11.9 Å². The van der Waals surface area contributed by atoms with E-state index in [0.717, 1.165) is 0 Å². The van der Waals surface area contributed by atoms with Gasteiger partial charge in [0.05, 0.1) is 6.42 Å². The Hall–Kier alpha value is -2.93. The van der Waals surface area contributed by atoms with Crippen molar-refractivity contribution in [1.82, 2.24) is 5.32 Å². The molecule has 8 heteroatoms. The third-order valence-electron chi connectivity index (χ3n) is 3.44. The molecule has 0 radical (unpaired) electrons.